The third kappa shape index (κ3) is 3.73. The van der Waals surface area contributed by atoms with Crippen molar-refractivity contribution in [2.24, 2.45) is 0 Å². The number of hydrogen-bond donors (Lipinski definition) is 0. The Morgan fingerprint density at radius 3 is 2.31 bits per heavy atom. The number of carbonyl (C=O) groups excluding carboxylic acids is 3. The molecular formula is C25H16N2O5. The quantitative estimate of drug-likeness (QED) is 0.263. The van der Waals surface area contributed by atoms with E-state index in [1.54, 1.807) is 60.7 Å². The lowest BCUT2D eigenvalue weighted by atomic mass is 10.1. The summed E-state index contributed by atoms with van der Waals surface area (Å²) < 4.78 is 10.8. The maximum atomic E-state index is 12.8. The number of esters is 1. The van der Waals surface area contributed by atoms with Gasteiger partial charge in [-0.15, -0.1) is 0 Å². The van der Waals surface area contributed by atoms with E-state index in [2.05, 4.69) is 0 Å². The van der Waals surface area contributed by atoms with Gasteiger partial charge < -0.3 is 9.47 Å². The molecular weight excluding hydrogens is 408 g/mol. The smallest absolute Gasteiger partial charge is 0.343 e. The zero-order valence-corrected chi connectivity index (χ0v) is 16.9. The molecule has 2 amide bonds. The maximum Gasteiger partial charge on any atom is 0.343 e. The van der Waals surface area contributed by atoms with Gasteiger partial charge in [-0.2, -0.15) is 5.26 Å². The third-order valence-electron chi connectivity index (χ3n) is 4.87. The van der Waals surface area contributed by atoms with E-state index < -0.39 is 17.8 Å². The number of nitriles is 1. The fourth-order valence-corrected chi connectivity index (χ4v) is 3.36. The van der Waals surface area contributed by atoms with E-state index in [0.29, 0.717) is 22.4 Å². The van der Waals surface area contributed by atoms with Gasteiger partial charge in [0.25, 0.3) is 11.8 Å². The molecule has 7 heteroatoms. The van der Waals surface area contributed by atoms with Crippen LogP contribution in [0.2, 0.25) is 0 Å². The van der Waals surface area contributed by atoms with Crippen LogP contribution in [0.5, 0.6) is 11.5 Å². The van der Waals surface area contributed by atoms with Crippen molar-refractivity contribution in [1.29, 1.82) is 5.26 Å². The van der Waals surface area contributed by atoms with Crippen molar-refractivity contribution >= 4 is 29.5 Å². The number of hydrogen-bond acceptors (Lipinski definition) is 6. The van der Waals surface area contributed by atoms with Crippen molar-refractivity contribution in [2.75, 3.05) is 12.0 Å². The third-order valence-corrected chi connectivity index (χ3v) is 4.87. The molecule has 0 saturated carbocycles. The van der Waals surface area contributed by atoms with Crippen LogP contribution in [0.4, 0.5) is 5.69 Å². The summed E-state index contributed by atoms with van der Waals surface area (Å²) in [6.45, 7) is 0. The van der Waals surface area contributed by atoms with Gasteiger partial charge in [0.2, 0.25) is 0 Å². The summed E-state index contributed by atoms with van der Waals surface area (Å²) in [5, 5.41) is 8.66. The molecule has 0 unspecified atom stereocenters. The highest BCUT2D eigenvalue weighted by atomic mass is 16.6. The number of ether oxygens (including phenoxy) is 2. The number of allylic oxidation sites excluding steroid dienone is 1. The van der Waals surface area contributed by atoms with Gasteiger partial charge >= 0.3 is 5.97 Å². The second-order valence-corrected chi connectivity index (χ2v) is 6.80. The number of imide groups is 1. The van der Waals surface area contributed by atoms with Gasteiger partial charge in [-0.05, 0) is 54.1 Å². The monoisotopic (exact) mass is 424 g/mol. The molecule has 156 valence electrons. The summed E-state index contributed by atoms with van der Waals surface area (Å²) in [6.07, 6.45) is 2.92. The zero-order chi connectivity index (χ0) is 22.7. The van der Waals surface area contributed by atoms with E-state index in [0.717, 1.165) is 4.90 Å². The van der Waals surface area contributed by atoms with Crippen molar-refractivity contribution in [1.82, 2.24) is 0 Å². The van der Waals surface area contributed by atoms with Crippen LogP contribution in [0.1, 0.15) is 36.6 Å². The van der Waals surface area contributed by atoms with Gasteiger partial charge in [0.1, 0.15) is 0 Å². The van der Waals surface area contributed by atoms with Gasteiger partial charge in [0.05, 0.1) is 35.6 Å². The Hall–Kier alpha value is -4.70. The van der Waals surface area contributed by atoms with Crippen LogP contribution < -0.4 is 14.4 Å². The molecule has 7 nitrogen and oxygen atoms in total. The summed E-state index contributed by atoms with van der Waals surface area (Å²) >= 11 is 0. The minimum atomic E-state index is -0.679. The SMILES string of the molecule is COc1cc(/C=C\C#N)ccc1OC(=O)c1cccc(N2C(=O)c3ccccc3C2=O)c1. The fraction of sp³-hybridized carbons (Fsp3) is 0.0400. The lowest BCUT2D eigenvalue weighted by Gasteiger charge is -2.15. The van der Waals surface area contributed by atoms with E-state index in [1.165, 1.54) is 25.3 Å². The van der Waals surface area contributed by atoms with Crippen LogP contribution in [0.15, 0.2) is 72.8 Å². The highest BCUT2D eigenvalue weighted by Gasteiger charge is 2.36. The first-order valence-electron chi connectivity index (χ1n) is 9.57. The number of rotatable bonds is 5. The highest BCUT2D eigenvalue weighted by molar-refractivity contribution is 6.34. The van der Waals surface area contributed by atoms with Crippen LogP contribution in [0, 0.1) is 11.3 Å². The van der Waals surface area contributed by atoms with Crippen molar-refractivity contribution in [3.05, 3.63) is 95.1 Å². The van der Waals surface area contributed by atoms with Gasteiger partial charge in [-0.25, -0.2) is 9.69 Å². The molecule has 0 saturated heterocycles. The topological polar surface area (TPSA) is 96.7 Å². The molecule has 0 aliphatic carbocycles. The van der Waals surface area contributed by atoms with Crippen molar-refractivity contribution < 1.29 is 23.9 Å². The molecule has 3 aromatic rings. The summed E-state index contributed by atoms with van der Waals surface area (Å²) in [6, 6.07) is 19.4. The summed E-state index contributed by atoms with van der Waals surface area (Å²) in [5.41, 5.74) is 1.78. The Balaban J connectivity index is 1.59. The lowest BCUT2D eigenvalue weighted by molar-refractivity contribution is 0.0728. The molecule has 32 heavy (non-hydrogen) atoms. The first-order chi connectivity index (χ1) is 15.5. The molecule has 1 aliphatic heterocycles. The molecule has 0 radical (unpaired) electrons. The maximum absolute atomic E-state index is 12.8. The second kappa shape index (κ2) is 8.58. The summed E-state index contributed by atoms with van der Waals surface area (Å²) in [7, 11) is 1.44. The molecule has 0 fully saturated rings. The van der Waals surface area contributed by atoms with Crippen LogP contribution in [-0.2, 0) is 0 Å². The number of anilines is 1. The predicted octanol–water partition coefficient (Wildman–Crippen LogP) is 4.25. The average molecular weight is 424 g/mol. The van der Waals surface area contributed by atoms with Crippen LogP contribution in [0.25, 0.3) is 6.08 Å². The van der Waals surface area contributed by atoms with Gasteiger partial charge in [0.15, 0.2) is 11.5 Å². The fourth-order valence-electron chi connectivity index (χ4n) is 3.36. The normalized spacial score (nSPS) is 12.6. The molecule has 3 aromatic carbocycles. The van der Waals surface area contributed by atoms with E-state index >= 15 is 0 Å². The molecule has 0 N–H and O–H groups in total. The Bertz CT molecular complexity index is 1280. The van der Waals surface area contributed by atoms with E-state index in [-0.39, 0.29) is 17.0 Å². The largest absolute Gasteiger partial charge is 0.493 e. The molecule has 1 aliphatic rings. The van der Waals surface area contributed by atoms with E-state index in [1.807, 2.05) is 6.07 Å². The molecule has 4 rings (SSSR count). The molecule has 0 bridgehead atoms. The molecule has 0 aromatic heterocycles. The van der Waals surface area contributed by atoms with Crippen LogP contribution in [-0.4, -0.2) is 24.9 Å². The Kier molecular flexibility index (Phi) is 5.51. The Morgan fingerprint density at radius 2 is 1.66 bits per heavy atom. The number of benzene rings is 3. The molecule has 0 atom stereocenters. The number of fused-ring (bicyclic) bond motifs is 1. The van der Waals surface area contributed by atoms with E-state index in [9.17, 15) is 14.4 Å². The van der Waals surface area contributed by atoms with Crippen molar-refractivity contribution in [3.63, 3.8) is 0 Å². The zero-order valence-electron chi connectivity index (χ0n) is 16.9. The highest BCUT2D eigenvalue weighted by Crippen LogP contribution is 2.31. The minimum absolute atomic E-state index is 0.162. The Morgan fingerprint density at radius 1 is 0.938 bits per heavy atom. The predicted molar refractivity (Wildman–Crippen MR) is 117 cm³/mol. The number of methoxy groups -OCH3 is 1. The average Bonchev–Trinajstić information content (AvgIpc) is 3.08. The van der Waals surface area contributed by atoms with Crippen molar-refractivity contribution in [3.8, 4) is 17.6 Å². The lowest BCUT2D eigenvalue weighted by Crippen LogP contribution is -2.29. The van der Waals surface area contributed by atoms with Crippen molar-refractivity contribution in [2.45, 2.75) is 0 Å². The van der Waals surface area contributed by atoms with Gasteiger partial charge in [-0.3, -0.25) is 9.59 Å². The second-order valence-electron chi connectivity index (χ2n) is 6.80. The number of nitrogens with zero attached hydrogens (tertiary/aromatic N) is 2. The summed E-state index contributed by atoms with van der Waals surface area (Å²) in [4.78, 5) is 39.2. The van der Waals surface area contributed by atoms with Crippen LogP contribution in [0.3, 0.4) is 0 Å². The number of carbonyl (C=O) groups is 3. The Labute approximate surface area is 183 Å². The standard InChI is InChI=1S/C25H16N2O5/c1-31-22-14-16(6-5-13-26)11-12-21(22)32-25(30)17-7-4-8-18(15-17)27-23(28)19-9-2-3-10-20(19)24(27)29/h2-12,14-15H,1H3/b6-5-. The molecule has 0 spiro atoms. The van der Waals surface area contributed by atoms with E-state index in [4.69, 9.17) is 14.7 Å². The molecule has 1 heterocycles. The number of amides is 2. The first-order valence-corrected chi connectivity index (χ1v) is 9.57. The van der Waals surface area contributed by atoms with Crippen LogP contribution >= 0.6 is 0 Å². The van der Waals surface area contributed by atoms with Gasteiger partial charge in [-0.1, -0.05) is 24.3 Å². The summed E-state index contributed by atoms with van der Waals surface area (Å²) in [5.74, 6) is -1.06. The minimum Gasteiger partial charge on any atom is -0.493 e. The first kappa shape index (κ1) is 20.6. The van der Waals surface area contributed by atoms with Gasteiger partial charge in [0, 0.05) is 6.08 Å².